The molecule has 4 aromatic rings. The molecule has 0 saturated heterocycles. The topological polar surface area (TPSA) is 124 Å². The van der Waals surface area contributed by atoms with E-state index in [-0.39, 0.29) is 17.2 Å². The van der Waals surface area contributed by atoms with Crippen molar-refractivity contribution in [2.45, 2.75) is 17.9 Å². The molecule has 3 heterocycles. The van der Waals surface area contributed by atoms with Crippen LogP contribution in [0.15, 0.2) is 60.0 Å². The first-order chi connectivity index (χ1) is 17.5. The van der Waals surface area contributed by atoms with Crippen LogP contribution >= 0.6 is 0 Å². The summed E-state index contributed by atoms with van der Waals surface area (Å²) in [7, 11) is 7.66. The van der Waals surface area contributed by atoms with E-state index in [2.05, 4.69) is 25.8 Å². The maximum Gasteiger partial charge on any atom is 0.272 e. The Balaban J connectivity index is 1.46. The first kappa shape index (κ1) is 22.0. The Bertz CT molecular complexity index is 1580. The highest BCUT2D eigenvalue weighted by molar-refractivity contribution is 6.21. The summed E-state index contributed by atoms with van der Waals surface area (Å²) in [5.74, 6) is -1.13. The summed E-state index contributed by atoms with van der Waals surface area (Å²) in [6, 6.07) is 12.7. The molecule has 3 amide bonds. The molecule has 1 aliphatic heterocycles. The van der Waals surface area contributed by atoms with Crippen LogP contribution in [0.3, 0.4) is 0 Å². The first-order valence-corrected chi connectivity index (χ1v) is 11.3. The van der Waals surface area contributed by atoms with Crippen LogP contribution < -0.4 is 15.6 Å². The quantitative estimate of drug-likeness (QED) is 0.288. The van der Waals surface area contributed by atoms with Gasteiger partial charge in [-0.25, -0.2) is 5.43 Å². The van der Waals surface area contributed by atoms with Gasteiger partial charge in [0, 0.05) is 41.2 Å². The normalized spacial score (nSPS) is 20.1. The number of carbonyl (C=O) groups excluding carboxylic acids is 3. The Labute approximate surface area is 206 Å². The predicted molar refractivity (Wildman–Crippen MR) is 135 cm³/mol. The zero-order valence-corrected chi connectivity index (χ0v) is 19.2. The van der Waals surface area contributed by atoms with Crippen molar-refractivity contribution in [1.82, 2.24) is 25.4 Å². The van der Waals surface area contributed by atoms with Gasteiger partial charge in [-0.15, -0.1) is 0 Å². The fourth-order valence-electron chi connectivity index (χ4n) is 5.03. The van der Waals surface area contributed by atoms with Gasteiger partial charge in [0.1, 0.15) is 0 Å². The van der Waals surface area contributed by atoms with Crippen molar-refractivity contribution >= 4 is 49.0 Å². The van der Waals surface area contributed by atoms with E-state index in [1.807, 2.05) is 43.6 Å². The van der Waals surface area contributed by atoms with Gasteiger partial charge < -0.3 is 10.2 Å². The van der Waals surface area contributed by atoms with Crippen molar-refractivity contribution in [2.24, 2.45) is 12.1 Å². The third-order valence-corrected chi connectivity index (χ3v) is 6.92. The molecule has 11 heteroatoms. The summed E-state index contributed by atoms with van der Waals surface area (Å²) in [6.45, 7) is 0. The number of aryl methyl sites for hydroxylation is 1. The number of hydrogen-bond acceptors (Lipinski definition) is 6. The van der Waals surface area contributed by atoms with E-state index in [9.17, 15) is 14.4 Å². The van der Waals surface area contributed by atoms with Gasteiger partial charge >= 0.3 is 0 Å². The minimum atomic E-state index is -1.13. The number of anilines is 1. The third-order valence-electron chi connectivity index (χ3n) is 6.92. The maximum absolute atomic E-state index is 13.7. The van der Waals surface area contributed by atoms with E-state index in [0.717, 1.165) is 16.0 Å². The highest BCUT2D eigenvalue weighted by Gasteiger charge is 2.60. The lowest BCUT2D eigenvalue weighted by atomic mass is 10.0. The maximum atomic E-state index is 13.7. The summed E-state index contributed by atoms with van der Waals surface area (Å²) in [5, 5.41) is 11.6. The number of aromatic amines is 1. The van der Waals surface area contributed by atoms with E-state index in [4.69, 9.17) is 7.98 Å². The number of nitrogens with one attached hydrogen (secondary N) is 3. The van der Waals surface area contributed by atoms with Crippen molar-refractivity contribution < 1.29 is 14.4 Å². The van der Waals surface area contributed by atoms with E-state index < -0.39 is 17.4 Å². The highest BCUT2D eigenvalue weighted by atomic mass is 16.2. The van der Waals surface area contributed by atoms with Gasteiger partial charge in [-0.1, -0.05) is 30.3 Å². The largest absolute Gasteiger partial charge is 0.354 e. The van der Waals surface area contributed by atoms with Crippen LogP contribution in [0.1, 0.15) is 33.8 Å². The molecule has 2 aromatic carbocycles. The molecule has 36 heavy (non-hydrogen) atoms. The molecule has 2 radical (unpaired) electrons. The summed E-state index contributed by atoms with van der Waals surface area (Å²) in [5.41, 5.74) is 5.63. The first-order valence-electron chi connectivity index (χ1n) is 11.3. The number of benzene rings is 2. The molecular weight excluding hydrogens is 457 g/mol. The molecule has 2 atom stereocenters. The third kappa shape index (κ3) is 3.20. The van der Waals surface area contributed by atoms with Crippen LogP contribution in [0.4, 0.5) is 5.69 Å². The van der Waals surface area contributed by atoms with E-state index in [1.54, 1.807) is 23.2 Å². The Morgan fingerprint density at radius 3 is 2.81 bits per heavy atom. The second-order valence-corrected chi connectivity index (χ2v) is 9.00. The molecule has 2 aromatic heterocycles. The molecule has 2 aliphatic rings. The fourth-order valence-corrected chi connectivity index (χ4v) is 5.03. The smallest absolute Gasteiger partial charge is 0.272 e. The Hall–Kier alpha value is -4.51. The summed E-state index contributed by atoms with van der Waals surface area (Å²) >= 11 is 0. The molecule has 1 fully saturated rings. The van der Waals surface area contributed by atoms with Gasteiger partial charge in [0.15, 0.2) is 7.98 Å². The zero-order valence-electron chi connectivity index (χ0n) is 19.2. The van der Waals surface area contributed by atoms with Gasteiger partial charge in [0.2, 0.25) is 6.41 Å². The number of amides is 3. The van der Waals surface area contributed by atoms with Crippen LogP contribution in [-0.2, 0) is 16.6 Å². The number of hydrazone groups is 1. The monoisotopic (exact) mass is 477 g/mol. The van der Waals surface area contributed by atoms with Crippen LogP contribution in [-0.4, -0.2) is 52.7 Å². The molecular formula is C25H20BN7O3. The molecule has 0 bridgehead atoms. The molecule has 0 spiro atoms. The SMILES string of the molecule is [B]N[C@@]1(C(=O)N(C=O)c2cc3c4c(c(-c5cnn(C)c5)[nH]c4c2)C=NNC3=O)C[C@H]1c1ccccc1. The molecule has 1 saturated carbocycles. The zero-order chi connectivity index (χ0) is 25.0. The van der Waals surface area contributed by atoms with Crippen molar-refractivity contribution in [2.75, 3.05) is 4.90 Å². The molecule has 10 nitrogen and oxygen atoms in total. The van der Waals surface area contributed by atoms with E-state index in [0.29, 0.717) is 35.0 Å². The number of rotatable bonds is 6. The van der Waals surface area contributed by atoms with E-state index >= 15 is 0 Å². The van der Waals surface area contributed by atoms with Crippen LogP contribution in [0, 0.1) is 0 Å². The van der Waals surface area contributed by atoms with Crippen molar-refractivity contribution in [3.63, 3.8) is 0 Å². The summed E-state index contributed by atoms with van der Waals surface area (Å²) in [6.07, 6.45) is 6.00. The van der Waals surface area contributed by atoms with Gasteiger partial charge in [0.25, 0.3) is 11.8 Å². The Morgan fingerprint density at radius 1 is 1.31 bits per heavy atom. The van der Waals surface area contributed by atoms with E-state index in [1.165, 1.54) is 6.07 Å². The Kier molecular flexibility index (Phi) is 4.90. The number of carbonyl (C=O) groups is 3. The lowest BCUT2D eigenvalue weighted by molar-refractivity contribution is -0.124. The second-order valence-electron chi connectivity index (χ2n) is 9.00. The van der Waals surface area contributed by atoms with Gasteiger partial charge in [-0.2, -0.15) is 10.2 Å². The molecule has 6 rings (SSSR count). The lowest BCUT2D eigenvalue weighted by Crippen LogP contribution is -2.49. The Morgan fingerprint density at radius 2 is 2.11 bits per heavy atom. The number of nitrogens with zero attached hydrogens (tertiary/aromatic N) is 4. The number of hydrogen-bond donors (Lipinski definition) is 3. The molecule has 3 N–H and O–H groups in total. The minimum absolute atomic E-state index is 0.185. The average Bonchev–Trinajstić information content (AvgIpc) is 3.39. The molecule has 1 aliphatic carbocycles. The number of imide groups is 1. The molecule has 176 valence electrons. The average molecular weight is 477 g/mol. The molecule has 0 unspecified atom stereocenters. The van der Waals surface area contributed by atoms with Gasteiger partial charge in [0.05, 0.1) is 34.9 Å². The fraction of sp³-hybridized carbons (Fsp3) is 0.160. The lowest BCUT2D eigenvalue weighted by Gasteiger charge is -2.24. The van der Waals surface area contributed by atoms with Crippen LogP contribution in [0.5, 0.6) is 0 Å². The van der Waals surface area contributed by atoms with Crippen molar-refractivity contribution in [3.8, 4) is 11.3 Å². The summed E-state index contributed by atoms with van der Waals surface area (Å²) < 4.78 is 1.67. The van der Waals surface area contributed by atoms with Gasteiger partial charge in [-0.05, 0) is 24.1 Å². The minimum Gasteiger partial charge on any atom is -0.354 e. The summed E-state index contributed by atoms with van der Waals surface area (Å²) in [4.78, 5) is 43.2. The second kappa shape index (κ2) is 8.03. The van der Waals surface area contributed by atoms with Crippen molar-refractivity contribution in [3.05, 3.63) is 71.5 Å². The predicted octanol–water partition coefficient (Wildman–Crippen LogP) is 1.73. The standard InChI is InChI=1S/C25H20BN7O3/c1-32-12-15(10-28-32)22-18-11-27-30-23(35)17-7-16(8-20(29-22)21(17)18)33(13-34)24(36)25(31-26)9-19(25)14-5-3-2-4-6-14/h2-8,10-13,19,29,31H,9H2,1H3,(H,30,35)/t19-,25-/m0/s1. The van der Waals surface area contributed by atoms with Crippen LogP contribution in [0.2, 0.25) is 0 Å². The number of H-pyrrole nitrogens is 1. The van der Waals surface area contributed by atoms with Crippen molar-refractivity contribution in [1.29, 1.82) is 0 Å². The number of aromatic nitrogens is 3. The highest BCUT2D eigenvalue weighted by Crippen LogP contribution is 2.52. The van der Waals surface area contributed by atoms with Gasteiger partial charge in [-0.3, -0.25) is 24.0 Å². The van der Waals surface area contributed by atoms with Crippen LogP contribution in [0.25, 0.3) is 22.2 Å².